The van der Waals surface area contributed by atoms with E-state index in [-0.39, 0.29) is 24.3 Å². The summed E-state index contributed by atoms with van der Waals surface area (Å²) >= 11 is 0. The van der Waals surface area contributed by atoms with Crippen molar-refractivity contribution in [3.63, 3.8) is 0 Å². The van der Waals surface area contributed by atoms with E-state index in [2.05, 4.69) is 5.32 Å². The van der Waals surface area contributed by atoms with E-state index in [0.29, 0.717) is 31.7 Å². The molecule has 1 aliphatic heterocycles. The first kappa shape index (κ1) is 19.0. The first-order valence-electron chi connectivity index (χ1n) is 8.61. The van der Waals surface area contributed by atoms with Crippen molar-refractivity contribution in [3.05, 3.63) is 35.4 Å². The van der Waals surface area contributed by atoms with E-state index >= 15 is 0 Å². The predicted octanol–water partition coefficient (Wildman–Crippen LogP) is 1.44. The Balaban J connectivity index is 1.82. The van der Waals surface area contributed by atoms with Crippen molar-refractivity contribution in [3.8, 4) is 0 Å². The summed E-state index contributed by atoms with van der Waals surface area (Å²) in [5.74, 6) is -0.259. The molecule has 0 spiro atoms. The average molecular weight is 345 g/mol. The summed E-state index contributed by atoms with van der Waals surface area (Å²) in [6, 6.07) is 7.28. The number of amides is 3. The Morgan fingerprint density at radius 2 is 1.56 bits per heavy atom. The van der Waals surface area contributed by atoms with E-state index in [1.54, 1.807) is 21.9 Å². The highest BCUT2D eigenvalue weighted by molar-refractivity contribution is 5.97. The molecule has 25 heavy (non-hydrogen) atoms. The molecule has 2 rings (SSSR count). The Bertz CT molecular complexity index is 656. The summed E-state index contributed by atoms with van der Waals surface area (Å²) in [4.78, 5) is 40.2. The van der Waals surface area contributed by atoms with Crippen LogP contribution >= 0.6 is 0 Å². The van der Waals surface area contributed by atoms with Gasteiger partial charge in [-0.3, -0.25) is 14.4 Å². The molecule has 6 heteroatoms. The molecule has 0 radical (unpaired) electrons. The van der Waals surface area contributed by atoms with Gasteiger partial charge in [-0.15, -0.1) is 0 Å². The minimum atomic E-state index is -0.409. The summed E-state index contributed by atoms with van der Waals surface area (Å²) < 4.78 is 0. The normalized spacial score (nSPS) is 15.0. The molecule has 1 N–H and O–H groups in total. The molecule has 1 aromatic carbocycles. The number of nitrogens with one attached hydrogen (secondary N) is 1. The Labute approximate surface area is 149 Å². The number of rotatable bonds is 3. The number of carbonyl (C=O) groups excluding carboxylic acids is 3. The summed E-state index contributed by atoms with van der Waals surface area (Å²) in [6.45, 7) is 9.60. The smallest absolute Gasteiger partial charge is 0.251 e. The minimum absolute atomic E-state index is 0.0274. The van der Waals surface area contributed by atoms with Gasteiger partial charge in [0, 0.05) is 37.2 Å². The van der Waals surface area contributed by atoms with Crippen LogP contribution in [0.5, 0.6) is 0 Å². The highest BCUT2D eigenvalue weighted by Gasteiger charge is 2.30. The average Bonchev–Trinajstić information content (AvgIpc) is 2.58. The Morgan fingerprint density at radius 1 is 1.00 bits per heavy atom. The van der Waals surface area contributed by atoms with Gasteiger partial charge in [-0.05, 0) is 18.6 Å². The van der Waals surface area contributed by atoms with Crippen LogP contribution in [0.1, 0.15) is 36.7 Å². The van der Waals surface area contributed by atoms with Crippen molar-refractivity contribution in [2.75, 3.05) is 32.7 Å². The van der Waals surface area contributed by atoms with E-state index in [9.17, 15) is 14.4 Å². The topological polar surface area (TPSA) is 69.7 Å². The number of benzene rings is 1. The van der Waals surface area contributed by atoms with E-state index in [1.165, 1.54) is 0 Å². The molecule has 1 fully saturated rings. The SMILES string of the molecule is Cc1ccccc1C(=O)NCC(=O)N1CCN(C(=O)C(C)(C)C)CC1. The van der Waals surface area contributed by atoms with Gasteiger partial charge in [-0.25, -0.2) is 0 Å². The Morgan fingerprint density at radius 3 is 2.12 bits per heavy atom. The van der Waals surface area contributed by atoms with Gasteiger partial charge in [0.2, 0.25) is 11.8 Å². The molecule has 6 nitrogen and oxygen atoms in total. The molecule has 0 aliphatic carbocycles. The van der Waals surface area contributed by atoms with E-state index < -0.39 is 5.41 Å². The Hall–Kier alpha value is -2.37. The van der Waals surface area contributed by atoms with Crippen LogP contribution in [0.15, 0.2) is 24.3 Å². The number of piperazine rings is 1. The molecule has 1 aromatic rings. The largest absolute Gasteiger partial charge is 0.343 e. The van der Waals surface area contributed by atoms with Crippen LogP contribution in [0, 0.1) is 12.3 Å². The fourth-order valence-electron chi connectivity index (χ4n) is 2.82. The molecule has 0 bridgehead atoms. The maximum Gasteiger partial charge on any atom is 0.251 e. The number of carbonyl (C=O) groups is 3. The first-order chi connectivity index (χ1) is 11.7. The van der Waals surface area contributed by atoms with Crippen molar-refractivity contribution >= 4 is 17.7 Å². The summed E-state index contributed by atoms with van der Waals surface area (Å²) in [7, 11) is 0. The van der Waals surface area contributed by atoms with Gasteiger partial charge in [0.25, 0.3) is 5.91 Å². The van der Waals surface area contributed by atoms with Gasteiger partial charge in [0.15, 0.2) is 0 Å². The molecule has 1 saturated heterocycles. The fraction of sp³-hybridized carbons (Fsp3) is 0.526. The molecule has 0 saturated carbocycles. The second-order valence-corrected chi connectivity index (χ2v) is 7.42. The van der Waals surface area contributed by atoms with Gasteiger partial charge in [-0.1, -0.05) is 39.0 Å². The van der Waals surface area contributed by atoms with Gasteiger partial charge >= 0.3 is 0 Å². The molecule has 136 valence electrons. The van der Waals surface area contributed by atoms with Crippen LogP contribution in [0.2, 0.25) is 0 Å². The zero-order valence-electron chi connectivity index (χ0n) is 15.5. The lowest BCUT2D eigenvalue weighted by Crippen LogP contribution is -2.54. The van der Waals surface area contributed by atoms with E-state index in [4.69, 9.17) is 0 Å². The van der Waals surface area contributed by atoms with Crippen molar-refractivity contribution < 1.29 is 14.4 Å². The predicted molar refractivity (Wildman–Crippen MR) is 96.1 cm³/mol. The zero-order chi connectivity index (χ0) is 18.6. The van der Waals surface area contributed by atoms with Gasteiger partial charge in [0.1, 0.15) is 0 Å². The van der Waals surface area contributed by atoms with Gasteiger partial charge in [-0.2, -0.15) is 0 Å². The summed E-state index contributed by atoms with van der Waals surface area (Å²) in [5, 5.41) is 2.68. The van der Waals surface area contributed by atoms with Crippen LogP contribution in [0.3, 0.4) is 0 Å². The highest BCUT2D eigenvalue weighted by Crippen LogP contribution is 2.18. The molecule has 0 aromatic heterocycles. The standard InChI is InChI=1S/C19H27N3O3/c1-14-7-5-6-8-15(14)17(24)20-13-16(23)21-9-11-22(12-10-21)18(25)19(2,3)4/h5-8H,9-13H2,1-4H3,(H,20,24). The van der Waals surface area contributed by atoms with Gasteiger partial charge < -0.3 is 15.1 Å². The molecular formula is C19H27N3O3. The van der Waals surface area contributed by atoms with Crippen molar-refractivity contribution in [1.29, 1.82) is 0 Å². The van der Waals surface area contributed by atoms with Crippen molar-refractivity contribution in [2.24, 2.45) is 5.41 Å². The third kappa shape index (κ3) is 4.81. The van der Waals surface area contributed by atoms with Crippen LogP contribution in [-0.4, -0.2) is 60.2 Å². The second-order valence-electron chi connectivity index (χ2n) is 7.42. The van der Waals surface area contributed by atoms with Crippen LogP contribution in [-0.2, 0) is 9.59 Å². The summed E-state index contributed by atoms with van der Waals surface area (Å²) in [6.07, 6.45) is 0. The van der Waals surface area contributed by atoms with E-state index in [1.807, 2.05) is 39.8 Å². The quantitative estimate of drug-likeness (QED) is 0.901. The first-order valence-corrected chi connectivity index (χ1v) is 8.61. The minimum Gasteiger partial charge on any atom is -0.343 e. The van der Waals surface area contributed by atoms with Gasteiger partial charge in [0.05, 0.1) is 6.54 Å². The third-order valence-electron chi connectivity index (χ3n) is 4.35. The molecule has 1 aliphatic rings. The van der Waals surface area contributed by atoms with E-state index in [0.717, 1.165) is 5.56 Å². The third-order valence-corrected chi connectivity index (χ3v) is 4.35. The highest BCUT2D eigenvalue weighted by atomic mass is 16.2. The number of hydrogen-bond donors (Lipinski definition) is 1. The van der Waals surface area contributed by atoms with Crippen LogP contribution in [0.4, 0.5) is 0 Å². The van der Waals surface area contributed by atoms with Crippen LogP contribution in [0.25, 0.3) is 0 Å². The summed E-state index contributed by atoms with van der Waals surface area (Å²) in [5.41, 5.74) is 1.05. The number of hydrogen-bond acceptors (Lipinski definition) is 3. The molecule has 0 unspecified atom stereocenters. The molecular weight excluding hydrogens is 318 g/mol. The van der Waals surface area contributed by atoms with Crippen molar-refractivity contribution in [2.45, 2.75) is 27.7 Å². The molecule has 3 amide bonds. The maximum absolute atomic E-state index is 12.3. The monoisotopic (exact) mass is 345 g/mol. The lowest BCUT2D eigenvalue weighted by molar-refractivity contribution is -0.144. The Kier molecular flexibility index (Phi) is 5.82. The molecule has 1 heterocycles. The second kappa shape index (κ2) is 7.68. The fourth-order valence-corrected chi connectivity index (χ4v) is 2.82. The lowest BCUT2D eigenvalue weighted by Gasteiger charge is -2.37. The number of nitrogens with zero attached hydrogens (tertiary/aromatic N) is 2. The number of aryl methyl sites for hydroxylation is 1. The van der Waals surface area contributed by atoms with Crippen LogP contribution < -0.4 is 5.32 Å². The van der Waals surface area contributed by atoms with Crippen molar-refractivity contribution in [1.82, 2.24) is 15.1 Å². The lowest BCUT2D eigenvalue weighted by atomic mass is 9.94. The zero-order valence-corrected chi connectivity index (χ0v) is 15.5. The molecule has 0 atom stereocenters. The maximum atomic E-state index is 12.3.